The molecule has 5 nitrogen and oxygen atoms in total. The number of halogens is 2. The third-order valence-corrected chi connectivity index (χ3v) is 3.69. The van der Waals surface area contributed by atoms with Crippen LogP contribution in [0.1, 0.15) is 10.4 Å². The molecule has 0 atom stereocenters. The van der Waals surface area contributed by atoms with E-state index in [4.69, 9.17) is 22.1 Å². The quantitative estimate of drug-likeness (QED) is 0.653. The highest BCUT2D eigenvalue weighted by Crippen LogP contribution is 2.27. The van der Waals surface area contributed by atoms with Gasteiger partial charge in [-0.3, -0.25) is 4.79 Å². The van der Waals surface area contributed by atoms with Crippen molar-refractivity contribution in [3.8, 4) is 5.75 Å². The summed E-state index contributed by atoms with van der Waals surface area (Å²) in [6, 6.07) is 6.67. The van der Waals surface area contributed by atoms with Crippen LogP contribution >= 0.6 is 27.5 Å². The largest absolute Gasteiger partial charge is 0.496 e. The number of carbonyl (C=O) groups is 1. The lowest BCUT2D eigenvalue weighted by atomic mass is 10.1. The van der Waals surface area contributed by atoms with E-state index in [9.17, 15) is 4.79 Å². The number of nitrogens with zero attached hydrogens (tertiary/aromatic N) is 1. The number of hydrogen-bond donors (Lipinski definition) is 2. The van der Waals surface area contributed by atoms with Gasteiger partial charge in [0.25, 0.3) is 5.91 Å². The number of rotatable bonds is 3. The number of benzene rings is 1. The molecule has 1 aromatic heterocycles. The smallest absolute Gasteiger partial charge is 0.261 e. The molecular formula is C13H11BrClN3O2. The fourth-order valence-electron chi connectivity index (χ4n) is 1.64. The van der Waals surface area contributed by atoms with Crippen molar-refractivity contribution in [2.75, 3.05) is 18.2 Å². The predicted octanol–water partition coefficient (Wildman–Crippen LogP) is 3.34. The summed E-state index contributed by atoms with van der Waals surface area (Å²) >= 11 is 9.04. The zero-order chi connectivity index (χ0) is 14.7. The van der Waals surface area contributed by atoms with Crippen LogP contribution < -0.4 is 15.8 Å². The summed E-state index contributed by atoms with van der Waals surface area (Å²) in [6.07, 6.45) is 1.45. The van der Waals surface area contributed by atoms with Crippen molar-refractivity contribution < 1.29 is 9.53 Å². The zero-order valence-electron chi connectivity index (χ0n) is 10.5. The van der Waals surface area contributed by atoms with Crippen molar-refractivity contribution in [2.24, 2.45) is 0 Å². The van der Waals surface area contributed by atoms with E-state index in [0.717, 1.165) is 0 Å². The second-order valence-electron chi connectivity index (χ2n) is 3.88. The minimum Gasteiger partial charge on any atom is -0.496 e. The molecule has 0 saturated heterocycles. The van der Waals surface area contributed by atoms with Crippen LogP contribution in [0.2, 0.25) is 5.15 Å². The Balaban J connectivity index is 2.30. The SMILES string of the molecule is COc1cccc(N)c1C(=O)Nc1cnc(Cl)c(Br)c1. The van der Waals surface area contributed by atoms with Gasteiger partial charge in [-0.15, -0.1) is 0 Å². The van der Waals surface area contributed by atoms with Gasteiger partial charge in [-0.25, -0.2) is 4.98 Å². The maximum atomic E-state index is 12.3. The van der Waals surface area contributed by atoms with Crippen molar-refractivity contribution in [3.05, 3.63) is 45.7 Å². The van der Waals surface area contributed by atoms with E-state index in [1.807, 2.05) is 0 Å². The highest BCUT2D eigenvalue weighted by Gasteiger charge is 2.16. The van der Waals surface area contributed by atoms with Crippen molar-refractivity contribution in [2.45, 2.75) is 0 Å². The van der Waals surface area contributed by atoms with Crippen LogP contribution in [-0.2, 0) is 0 Å². The Morgan fingerprint density at radius 2 is 2.25 bits per heavy atom. The van der Waals surface area contributed by atoms with Gasteiger partial charge >= 0.3 is 0 Å². The highest BCUT2D eigenvalue weighted by atomic mass is 79.9. The second-order valence-corrected chi connectivity index (χ2v) is 5.09. The Kier molecular flexibility index (Phi) is 4.46. The van der Waals surface area contributed by atoms with E-state index in [0.29, 0.717) is 26.8 Å². The van der Waals surface area contributed by atoms with Crippen LogP contribution in [0.3, 0.4) is 0 Å². The molecule has 0 saturated carbocycles. The lowest BCUT2D eigenvalue weighted by molar-refractivity contribution is 0.102. The van der Waals surface area contributed by atoms with Gasteiger partial charge < -0.3 is 15.8 Å². The molecule has 1 aromatic carbocycles. The molecule has 1 amide bonds. The number of methoxy groups -OCH3 is 1. The lowest BCUT2D eigenvalue weighted by Gasteiger charge is -2.11. The van der Waals surface area contributed by atoms with Crippen molar-refractivity contribution in [3.63, 3.8) is 0 Å². The van der Waals surface area contributed by atoms with Gasteiger partial charge in [-0.1, -0.05) is 17.7 Å². The van der Waals surface area contributed by atoms with Crippen molar-refractivity contribution >= 4 is 44.8 Å². The molecule has 2 aromatic rings. The monoisotopic (exact) mass is 355 g/mol. The first-order chi connectivity index (χ1) is 9.52. The van der Waals surface area contributed by atoms with Gasteiger partial charge in [0.05, 0.1) is 23.5 Å². The average molecular weight is 357 g/mol. The summed E-state index contributed by atoms with van der Waals surface area (Å²) in [5.74, 6) is 0.0273. The lowest BCUT2D eigenvalue weighted by Crippen LogP contribution is -2.15. The summed E-state index contributed by atoms with van der Waals surface area (Å²) in [7, 11) is 1.48. The first-order valence-corrected chi connectivity index (χ1v) is 6.75. The Morgan fingerprint density at radius 3 is 2.90 bits per heavy atom. The van der Waals surface area contributed by atoms with Crippen LogP contribution in [0.25, 0.3) is 0 Å². The van der Waals surface area contributed by atoms with E-state index >= 15 is 0 Å². The van der Waals surface area contributed by atoms with Crippen molar-refractivity contribution in [1.82, 2.24) is 4.98 Å². The van der Waals surface area contributed by atoms with Gasteiger partial charge in [0.2, 0.25) is 0 Å². The zero-order valence-corrected chi connectivity index (χ0v) is 12.8. The Morgan fingerprint density at radius 1 is 1.50 bits per heavy atom. The number of ether oxygens (including phenoxy) is 1. The third-order valence-electron chi connectivity index (χ3n) is 2.56. The Hall–Kier alpha value is -1.79. The van der Waals surface area contributed by atoms with Gasteiger partial charge in [-0.2, -0.15) is 0 Å². The molecule has 0 aliphatic heterocycles. The summed E-state index contributed by atoms with van der Waals surface area (Å²) < 4.78 is 5.73. The average Bonchev–Trinajstić information content (AvgIpc) is 2.42. The molecule has 0 aliphatic rings. The maximum Gasteiger partial charge on any atom is 0.261 e. The fourth-order valence-corrected chi connectivity index (χ4v) is 2.10. The van der Waals surface area contributed by atoms with Gasteiger partial charge in [0.15, 0.2) is 0 Å². The van der Waals surface area contributed by atoms with Gasteiger partial charge in [0.1, 0.15) is 16.5 Å². The van der Waals surface area contributed by atoms with Crippen LogP contribution in [-0.4, -0.2) is 18.0 Å². The van der Waals surface area contributed by atoms with Crippen LogP contribution in [0.15, 0.2) is 34.9 Å². The first-order valence-electron chi connectivity index (χ1n) is 5.57. The van der Waals surface area contributed by atoms with Crippen LogP contribution in [0, 0.1) is 0 Å². The molecule has 1 heterocycles. The number of nitrogens with two attached hydrogens (primary N) is 1. The van der Waals surface area contributed by atoms with Crippen LogP contribution in [0.5, 0.6) is 5.75 Å². The highest BCUT2D eigenvalue weighted by molar-refractivity contribution is 9.10. The molecule has 0 bridgehead atoms. The van der Waals surface area contributed by atoms with Gasteiger partial charge in [-0.05, 0) is 34.1 Å². The number of aromatic nitrogens is 1. The fraction of sp³-hybridized carbons (Fsp3) is 0.0769. The normalized spacial score (nSPS) is 10.2. The van der Waals surface area contributed by atoms with E-state index < -0.39 is 0 Å². The number of carbonyl (C=O) groups excluding carboxylic acids is 1. The Labute approximate surface area is 129 Å². The van der Waals surface area contributed by atoms with Gasteiger partial charge in [0, 0.05) is 5.69 Å². The summed E-state index contributed by atoms with van der Waals surface area (Å²) in [4.78, 5) is 16.2. The van der Waals surface area contributed by atoms with Crippen molar-refractivity contribution in [1.29, 1.82) is 0 Å². The summed E-state index contributed by atoms with van der Waals surface area (Å²) in [5, 5.41) is 3.01. The van der Waals surface area contributed by atoms with E-state index in [1.165, 1.54) is 13.3 Å². The first kappa shape index (κ1) is 14.6. The molecule has 104 valence electrons. The molecule has 0 unspecified atom stereocenters. The number of anilines is 2. The van der Waals surface area contributed by atoms with E-state index in [2.05, 4.69) is 26.2 Å². The van der Waals surface area contributed by atoms with Crippen LogP contribution in [0.4, 0.5) is 11.4 Å². The molecular weight excluding hydrogens is 346 g/mol. The standard InChI is InChI=1S/C13H11BrClN3O2/c1-20-10-4-2-3-9(16)11(10)13(19)18-7-5-8(14)12(15)17-6-7/h2-6H,16H2,1H3,(H,18,19). The predicted molar refractivity (Wildman–Crippen MR) is 82.3 cm³/mol. The summed E-state index contributed by atoms with van der Waals surface area (Å²) in [6.45, 7) is 0. The summed E-state index contributed by atoms with van der Waals surface area (Å²) in [5.41, 5.74) is 6.93. The molecule has 0 aliphatic carbocycles. The second kappa shape index (κ2) is 6.11. The molecule has 7 heteroatoms. The molecule has 3 N–H and O–H groups in total. The maximum absolute atomic E-state index is 12.3. The number of pyridine rings is 1. The number of amides is 1. The minimum absolute atomic E-state index is 0.279. The number of nitrogen functional groups attached to an aromatic ring is 1. The minimum atomic E-state index is -0.379. The molecule has 2 rings (SSSR count). The molecule has 20 heavy (non-hydrogen) atoms. The number of hydrogen-bond acceptors (Lipinski definition) is 4. The Bertz CT molecular complexity index is 664. The van der Waals surface area contributed by atoms with E-state index in [-0.39, 0.29) is 11.5 Å². The molecule has 0 spiro atoms. The molecule has 0 radical (unpaired) electrons. The van der Waals surface area contributed by atoms with E-state index in [1.54, 1.807) is 24.3 Å². The third kappa shape index (κ3) is 3.02. The molecule has 0 fully saturated rings. The number of nitrogens with one attached hydrogen (secondary N) is 1. The topological polar surface area (TPSA) is 77.2 Å².